The number of nitrogens with zero attached hydrogens (tertiary/aromatic N) is 1. The van der Waals surface area contributed by atoms with Crippen LogP contribution in [0.2, 0.25) is 0 Å². The molecule has 0 spiro atoms. The maximum atomic E-state index is 11.4. The molecule has 0 aromatic heterocycles. The summed E-state index contributed by atoms with van der Waals surface area (Å²) in [5, 5.41) is 10.7. The molecule has 7 nitrogen and oxygen atoms in total. The van der Waals surface area contributed by atoms with Crippen LogP contribution in [0.25, 0.3) is 0 Å². The molecule has 0 heterocycles. The summed E-state index contributed by atoms with van der Waals surface area (Å²) in [6.07, 6.45) is 0. The zero-order chi connectivity index (χ0) is 16.0. The third-order valence-corrected chi connectivity index (χ3v) is 3.68. The molecule has 0 aliphatic heterocycles. The Balaban J connectivity index is 2.80. The Morgan fingerprint density at radius 2 is 2.00 bits per heavy atom. The average molecular weight is 338 g/mol. The molecule has 0 atom stereocenters. The number of nitro benzene ring substituents is 1. The Labute approximate surface area is 127 Å². The van der Waals surface area contributed by atoms with Gasteiger partial charge in [0.15, 0.2) is 0 Å². The summed E-state index contributed by atoms with van der Waals surface area (Å²) >= 11 is 0. The number of halogens is 1. The maximum Gasteiger partial charge on any atom is 0.271 e. The quantitative estimate of drug-likeness (QED) is 0.313. The molecule has 9 heteroatoms. The van der Waals surface area contributed by atoms with Crippen LogP contribution in [-0.2, 0) is 13.8 Å². The molecule has 21 heavy (non-hydrogen) atoms. The van der Waals surface area contributed by atoms with Gasteiger partial charge < -0.3 is 9.47 Å². The monoisotopic (exact) mass is 337 g/mol. The van der Waals surface area contributed by atoms with Crippen LogP contribution >= 0.6 is 10.7 Å². The van der Waals surface area contributed by atoms with E-state index in [-0.39, 0.29) is 24.7 Å². The molecule has 0 saturated carbocycles. The van der Waals surface area contributed by atoms with Gasteiger partial charge in [0, 0.05) is 29.4 Å². The van der Waals surface area contributed by atoms with Crippen molar-refractivity contribution in [2.24, 2.45) is 5.92 Å². The molecular weight excluding hydrogens is 322 g/mol. The van der Waals surface area contributed by atoms with Gasteiger partial charge in [0.1, 0.15) is 17.3 Å². The highest BCUT2D eigenvalue weighted by Gasteiger charge is 2.21. The zero-order valence-corrected chi connectivity index (χ0v) is 13.2. The van der Waals surface area contributed by atoms with Gasteiger partial charge in [0.05, 0.1) is 11.5 Å². The minimum absolute atomic E-state index is 0.0382. The van der Waals surface area contributed by atoms with Crippen LogP contribution in [0.5, 0.6) is 5.75 Å². The topological polar surface area (TPSA) is 95.7 Å². The summed E-state index contributed by atoms with van der Waals surface area (Å²) in [6.45, 7) is 4.94. The average Bonchev–Trinajstić information content (AvgIpc) is 2.36. The highest BCUT2D eigenvalue weighted by molar-refractivity contribution is 8.13. The van der Waals surface area contributed by atoms with Crippen LogP contribution in [0.4, 0.5) is 5.69 Å². The first-order valence-electron chi connectivity index (χ1n) is 6.15. The van der Waals surface area contributed by atoms with Crippen molar-refractivity contribution < 1.29 is 22.8 Å². The van der Waals surface area contributed by atoms with E-state index in [0.29, 0.717) is 12.5 Å². The van der Waals surface area contributed by atoms with Crippen LogP contribution < -0.4 is 4.74 Å². The second-order valence-electron chi connectivity index (χ2n) is 4.64. The van der Waals surface area contributed by atoms with Crippen LogP contribution in [0.1, 0.15) is 13.8 Å². The van der Waals surface area contributed by atoms with Crippen molar-refractivity contribution in [1.29, 1.82) is 0 Å². The van der Waals surface area contributed by atoms with E-state index in [0.717, 1.165) is 12.1 Å². The van der Waals surface area contributed by atoms with E-state index in [2.05, 4.69) is 0 Å². The predicted octanol–water partition coefficient (Wildman–Crippen LogP) is 2.57. The van der Waals surface area contributed by atoms with Crippen LogP contribution in [0, 0.1) is 16.0 Å². The van der Waals surface area contributed by atoms with E-state index in [1.54, 1.807) is 0 Å². The fraction of sp³-hybridized carbons (Fsp3) is 0.500. The van der Waals surface area contributed by atoms with E-state index >= 15 is 0 Å². The molecule has 0 aliphatic carbocycles. The standard InChI is InChI=1S/C12H16ClNO6S/c1-9(2)8-19-5-6-20-11-4-3-10(14(15)16)7-12(11)21(13,17)18/h3-4,7,9H,5-6,8H2,1-2H3. The summed E-state index contributed by atoms with van der Waals surface area (Å²) in [5.74, 6) is 0.340. The largest absolute Gasteiger partial charge is 0.490 e. The number of ether oxygens (including phenoxy) is 2. The number of hydrogen-bond acceptors (Lipinski definition) is 6. The van der Waals surface area contributed by atoms with Crippen molar-refractivity contribution in [3.63, 3.8) is 0 Å². The molecule has 1 rings (SSSR count). The SMILES string of the molecule is CC(C)COCCOc1ccc([N+](=O)[O-])cc1S(=O)(=O)Cl. The molecule has 0 unspecified atom stereocenters. The highest BCUT2D eigenvalue weighted by atomic mass is 35.7. The second kappa shape index (κ2) is 7.58. The molecule has 0 fully saturated rings. The summed E-state index contributed by atoms with van der Waals surface area (Å²) in [5.41, 5.74) is -0.377. The van der Waals surface area contributed by atoms with Gasteiger partial charge in [0.2, 0.25) is 0 Å². The summed E-state index contributed by atoms with van der Waals surface area (Å²) in [6, 6.07) is 3.22. The lowest BCUT2D eigenvalue weighted by Gasteiger charge is -2.10. The lowest BCUT2D eigenvalue weighted by atomic mass is 10.2. The Bertz CT molecular complexity index is 602. The molecular formula is C12H16ClNO6S. The maximum absolute atomic E-state index is 11.4. The number of nitro groups is 1. The van der Waals surface area contributed by atoms with Crippen molar-refractivity contribution in [1.82, 2.24) is 0 Å². The first-order valence-corrected chi connectivity index (χ1v) is 8.46. The van der Waals surface area contributed by atoms with E-state index < -0.39 is 18.9 Å². The molecule has 0 amide bonds. The van der Waals surface area contributed by atoms with Gasteiger partial charge in [-0.05, 0) is 12.0 Å². The first kappa shape index (κ1) is 17.7. The Kier molecular flexibility index (Phi) is 6.38. The molecule has 0 aliphatic rings. The molecule has 1 aromatic rings. The minimum Gasteiger partial charge on any atom is -0.490 e. The van der Waals surface area contributed by atoms with Gasteiger partial charge >= 0.3 is 0 Å². The molecule has 0 saturated heterocycles. The van der Waals surface area contributed by atoms with Gasteiger partial charge in [0.25, 0.3) is 14.7 Å². The fourth-order valence-electron chi connectivity index (χ4n) is 1.45. The molecule has 0 bridgehead atoms. The van der Waals surface area contributed by atoms with Crippen molar-refractivity contribution >= 4 is 25.4 Å². The van der Waals surface area contributed by atoms with Gasteiger partial charge in [-0.25, -0.2) is 8.42 Å². The van der Waals surface area contributed by atoms with Crippen LogP contribution in [0.3, 0.4) is 0 Å². The van der Waals surface area contributed by atoms with Crippen molar-refractivity contribution in [3.05, 3.63) is 28.3 Å². The fourth-order valence-corrected chi connectivity index (χ4v) is 2.44. The summed E-state index contributed by atoms with van der Waals surface area (Å²) in [7, 11) is 1.12. The number of benzene rings is 1. The lowest BCUT2D eigenvalue weighted by molar-refractivity contribution is -0.385. The van der Waals surface area contributed by atoms with Crippen molar-refractivity contribution in [2.45, 2.75) is 18.7 Å². The predicted molar refractivity (Wildman–Crippen MR) is 77.3 cm³/mol. The third kappa shape index (κ3) is 5.86. The lowest BCUT2D eigenvalue weighted by Crippen LogP contribution is -2.11. The Morgan fingerprint density at radius 1 is 1.33 bits per heavy atom. The smallest absolute Gasteiger partial charge is 0.271 e. The second-order valence-corrected chi connectivity index (χ2v) is 7.18. The van der Waals surface area contributed by atoms with Gasteiger partial charge in [-0.1, -0.05) is 13.8 Å². The minimum atomic E-state index is -4.14. The molecule has 0 N–H and O–H groups in total. The Hall–Kier alpha value is -1.38. The molecule has 1 aromatic carbocycles. The number of hydrogen-bond donors (Lipinski definition) is 0. The van der Waals surface area contributed by atoms with Gasteiger partial charge in [-0.3, -0.25) is 10.1 Å². The van der Waals surface area contributed by atoms with E-state index in [1.165, 1.54) is 6.07 Å². The molecule has 0 radical (unpaired) electrons. The van der Waals surface area contributed by atoms with E-state index in [1.807, 2.05) is 13.8 Å². The molecule has 118 valence electrons. The van der Waals surface area contributed by atoms with Crippen molar-refractivity contribution in [2.75, 3.05) is 19.8 Å². The van der Waals surface area contributed by atoms with E-state index in [9.17, 15) is 18.5 Å². The van der Waals surface area contributed by atoms with Crippen LogP contribution in [0.15, 0.2) is 23.1 Å². The summed E-state index contributed by atoms with van der Waals surface area (Å²) in [4.78, 5) is 9.53. The third-order valence-electron chi connectivity index (χ3n) is 2.34. The normalized spacial score (nSPS) is 11.6. The van der Waals surface area contributed by atoms with Crippen LogP contribution in [-0.4, -0.2) is 33.2 Å². The number of non-ortho nitro benzene ring substituents is 1. The number of rotatable bonds is 8. The first-order chi connectivity index (χ1) is 9.71. The zero-order valence-electron chi connectivity index (χ0n) is 11.6. The van der Waals surface area contributed by atoms with E-state index in [4.69, 9.17) is 20.2 Å². The van der Waals surface area contributed by atoms with Crippen molar-refractivity contribution in [3.8, 4) is 5.75 Å². The summed E-state index contributed by atoms with van der Waals surface area (Å²) < 4.78 is 33.4. The van der Waals surface area contributed by atoms with Gasteiger partial charge in [-0.2, -0.15) is 0 Å². The Morgan fingerprint density at radius 3 is 2.52 bits per heavy atom. The highest BCUT2D eigenvalue weighted by Crippen LogP contribution is 2.30. The van der Waals surface area contributed by atoms with Gasteiger partial charge in [-0.15, -0.1) is 0 Å².